The molecule has 0 unspecified atom stereocenters. The molecule has 5 heteroatoms. The minimum Gasteiger partial charge on any atom is -0.367 e. The highest BCUT2D eigenvalue weighted by Crippen LogP contribution is 2.20. The first kappa shape index (κ1) is 14.5. The van der Waals surface area contributed by atoms with Gasteiger partial charge in [-0.25, -0.2) is 9.97 Å². The van der Waals surface area contributed by atoms with Gasteiger partial charge in [-0.3, -0.25) is 4.79 Å². The summed E-state index contributed by atoms with van der Waals surface area (Å²) in [6.45, 7) is 4.01. The van der Waals surface area contributed by atoms with Gasteiger partial charge in [-0.2, -0.15) is 0 Å². The highest BCUT2D eigenvalue weighted by molar-refractivity contribution is 5.92. The largest absolute Gasteiger partial charge is 0.367 e. The van der Waals surface area contributed by atoms with E-state index in [0.29, 0.717) is 18.3 Å². The summed E-state index contributed by atoms with van der Waals surface area (Å²) in [7, 11) is 0. The van der Waals surface area contributed by atoms with Crippen molar-refractivity contribution in [2.45, 2.75) is 44.6 Å². The highest BCUT2D eigenvalue weighted by Gasteiger charge is 2.14. The first-order valence-electron chi connectivity index (χ1n) is 7.27. The zero-order valence-corrected chi connectivity index (χ0v) is 11.8. The van der Waals surface area contributed by atoms with Crippen molar-refractivity contribution in [1.82, 2.24) is 15.3 Å². The van der Waals surface area contributed by atoms with Gasteiger partial charge in [-0.05, 0) is 12.8 Å². The lowest BCUT2D eigenvalue weighted by molar-refractivity contribution is 0.0953. The smallest absolute Gasteiger partial charge is 0.270 e. The quantitative estimate of drug-likeness (QED) is 0.639. The second kappa shape index (κ2) is 7.62. The van der Waals surface area contributed by atoms with Gasteiger partial charge >= 0.3 is 0 Å². The molecule has 1 saturated carbocycles. The SMILES string of the molecule is C=CCNC(=O)c1cc(NC2CCCCCC2)ncn1. The molecule has 1 aromatic heterocycles. The van der Waals surface area contributed by atoms with Crippen LogP contribution in [0.2, 0.25) is 0 Å². The van der Waals surface area contributed by atoms with E-state index in [9.17, 15) is 4.79 Å². The second-order valence-electron chi connectivity index (χ2n) is 5.12. The summed E-state index contributed by atoms with van der Waals surface area (Å²) in [6, 6.07) is 2.17. The molecule has 5 nitrogen and oxygen atoms in total. The predicted molar refractivity (Wildman–Crippen MR) is 79.7 cm³/mol. The average Bonchev–Trinajstić information content (AvgIpc) is 2.73. The van der Waals surface area contributed by atoms with E-state index in [-0.39, 0.29) is 5.91 Å². The van der Waals surface area contributed by atoms with Crippen molar-refractivity contribution in [2.75, 3.05) is 11.9 Å². The first-order chi connectivity index (χ1) is 9.79. The molecule has 1 aromatic rings. The lowest BCUT2D eigenvalue weighted by Crippen LogP contribution is -2.25. The van der Waals surface area contributed by atoms with Crippen LogP contribution in [-0.2, 0) is 0 Å². The number of carbonyl (C=O) groups excluding carboxylic acids is 1. The molecule has 2 rings (SSSR count). The van der Waals surface area contributed by atoms with Crippen molar-refractivity contribution in [3.05, 3.63) is 30.7 Å². The maximum absolute atomic E-state index is 11.8. The van der Waals surface area contributed by atoms with Crippen molar-refractivity contribution in [3.8, 4) is 0 Å². The monoisotopic (exact) mass is 274 g/mol. The maximum Gasteiger partial charge on any atom is 0.270 e. The molecular formula is C15H22N4O. The normalized spacial score (nSPS) is 16.2. The lowest BCUT2D eigenvalue weighted by atomic mass is 10.1. The van der Waals surface area contributed by atoms with Gasteiger partial charge < -0.3 is 10.6 Å². The molecule has 0 spiro atoms. The minimum atomic E-state index is -0.198. The van der Waals surface area contributed by atoms with Crippen LogP contribution in [0.4, 0.5) is 5.82 Å². The van der Waals surface area contributed by atoms with Gasteiger partial charge in [0.05, 0.1) is 0 Å². The van der Waals surface area contributed by atoms with E-state index in [1.54, 1.807) is 12.1 Å². The number of anilines is 1. The lowest BCUT2D eigenvalue weighted by Gasteiger charge is -2.16. The fraction of sp³-hybridized carbons (Fsp3) is 0.533. The molecule has 1 aliphatic rings. The van der Waals surface area contributed by atoms with Crippen LogP contribution < -0.4 is 10.6 Å². The summed E-state index contributed by atoms with van der Waals surface area (Å²) < 4.78 is 0. The standard InChI is InChI=1S/C15H22N4O/c1-2-9-16-15(20)13-10-14(18-11-17-13)19-12-7-5-3-4-6-8-12/h2,10-12H,1,3-9H2,(H,16,20)(H,17,18,19). The van der Waals surface area contributed by atoms with Gasteiger partial charge in [0.1, 0.15) is 17.8 Å². The van der Waals surface area contributed by atoms with Crippen LogP contribution in [0, 0.1) is 0 Å². The van der Waals surface area contributed by atoms with Crippen molar-refractivity contribution >= 4 is 11.7 Å². The van der Waals surface area contributed by atoms with Gasteiger partial charge in [-0.15, -0.1) is 6.58 Å². The third-order valence-electron chi connectivity index (χ3n) is 3.51. The van der Waals surface area contributed by atoms with Crippen molar-refractivity contribution in [1.29, 1.82) is 0 Å². The summed E-state index contributed by atoms with van der Waals surface area (Å²) >= 11 is 0. The molecule has 0 atom stereocenters. The van der Waals surface area contributed by atoms with Gasteiger partial charge in [0.2, 0.25) is 0 Å². The molecule has 20 heavy (non-hydrogen) atoms. The Kier molecular flexibility index (Phi) is 5.53. The van der Waals surface area contributed by atoms with Crippen LogP contribution in [0.3, 0.4) is 0 Å². The number of hydrogen-bond acceptors (Lipinski definition) is 4. The van der Waals surface area contributed by atoms with Crippen LogP contribution >= 0.6 is 0 Å². The number of aromatic nitrogens is 2. The molecule has 1 fully saturated rings. The Morgan fingerprint density at radius 1 is 1.30 bits per heavy atom. The average molecular weight is 274 g/mol. The summed E-state index contributed by atoms with van der Waals surface area (Å²) in [4.78, 5) is 20.0. The molecule has 0 radical (unpaired) electrons. The van der Waals surface area contributed by atoms with E-state index in [0.717, 1.165) is 5.82 Å². The molecule has 0 aromatic carbocycles. The van der Waals surface area contributed by atoms with Crippen LogP contribution in [0.1, 0.15) is 49.0 Å². The van der Waals surface area contributed by atoms with E-state index in [1.165, 1.54) is 44.9 Å². The number of nitrogens with zero attached hydrogens (tertiary/aromatic N) is 2. The van der Waals surface area contributed by atoms with E-state index in [1.807, 2.05) is 0 Å². The van der Waals surface area contributed by atoms with Crippen LogP contribution in [0.25, 0.3) is 0 Å². The van der Waals surface area contributed by atoms with E-state index < -0.39 is 0 Å². The molecule has 0 aliphatic heterocycles. The van der Waals surface area contributed by atoms with E-state index in [4.69, 9.17) is 0 Å². The molecule has 0 saturated heterocycles. The Hall–Kier alpha value is -1.91. The van der Waals surface area contributed by atoms with Crippen LogP contribution in [-0.4, -0.2) is 28.5 Å². The Bertz CT molecular complexity index is 453. The number of hydrogen-bond donors (Lipinski definition) is 2. The van der Waals surface area contributed by atoms with Crippen LogP contribution in [0.15, 0.2) is 25.0 Å². The van der Waals surface area contributed by atoms with E-state index >= 15 is 0 Å². The second-order valence-corrected chi connectivity index (χ2v) is 5.12. The molecule has 1 amide bonds. The van der Waals surface area contributed by atoms with Crippen LogP contribution in [0.5, 0.6) is 0 Å². The van der Waals surface area contributed by atoms with Gasteiger partial charge in [-0.1, -0.05) is 31.8 Å². The third-order valence-corrected chi connectivity index (χ3v) is 3.51. The van der Waals surface area contributed by atoms with Crippen molar-refractivity contribution in [2.24, 2.45) is 0 Å². The molecule has 0 bridgehead atoms. The molecule has 108 valence electrons. The Morgan fingerprint density at radius 2 is 2.05 bits per heavy atom. The van der Waals surface area contributed by atoms with Gasteiger partial charge in [0.15, 0.2) is 0 Å². The highest BCUT2D eigenvalue weighted by atomic mass is 16.1. The Morgan fingerprint density at radius 3 is 2.75 bits per heavy atom. The number of amides is 1. The summed E-state index contributed by atoms with van der Waals surface area (Å²) in [5.74, 6) is 0.534. The summed E-state index contributed by atoms with van der Waals surface area (Å²) in [5.41, 5.74) is 0.387. The predicted octanol–water partition coefficient (Wildman–Crippen LogP) is 2.53. The zero-order valence-electron chi connectivity index (χ0n) is 11.8. The molecule has 1 aliphatic carbocycles. The minimum absolute atomic E-state index is 0.198. The summed E-state index contributed by atoms with van der Waals surface area (Å²) in [6.07, 6.45) is 10.6. The zero-order chi connectivity index (χ0) is 14.2. The molecular weight excluding hydrogens is 252 g/mol. The molecule has 2 N–H and O–H groups in total. The third kappa shape index (κ3) is 4.33. The topological polar surface area (TPSA) is 66.9 Å². The van der Waals surface area contributed by atoms with Crippen molar-refractivity contribution in [3.63, 3.8) is 0 Å². The Balaban J connectivity index is 1.97. The molecule has 1 heterocycles. The number of rotatable bonds is 5. The first-order valence-corrected chi connectivity index (χ1v) is 7.27. The fourth-order valence-electron chi connectivity index (χ4n) is 2.45. The van der Waals surface area contributed by atoms with Gasteiger partial charge in [0.25, 0.3) is 5.91 Å². The fourth-order valence-corrected chi connectivity index (χ4v) is 2.45. The summed E-state index contributed by atoms with van der Waals surface area (Å²) in [5, 5.41) is 6.14. The number of nitrogens with one attached hydrogen (secondary N) is 2. The number of carbonyl (C=O) groups is 1. The Labute approximate surface area is 119 Å². The maximum atomic E-state index is 11.8. The van der Waals surface area contributed by atoms with E-state index in [2.05, 4.69) is 27.2 Å². The van der Waals surface area contributed by atoms with Gasteiger partial charge in [0, 0.05) is 18.7 Å². The van der Waals surface area contributed by atoms with Crippen molar-refractivity contribution < 1.29 is 4.79 Å².